The van der Waals surface area contributed by atoms with E-state index in [9.17, 15) is 8.42 Å². The van der Waals surface area contributed by atoms with Gasteiger partial charge in [0, 0.05) is 42.6 Å². The van der Waals surface area contributed by atoms with Gasteiger partial charge >= 0.3 is 0 Å². The van der Waals surface area contributed by atoms with Crippen molar-refractivity contribution in [1.29, 1.82) is 0 Å². The Balaban J connectivity index is 0.000000142. The number of aromatic nitrogens is 8. The zero-order valence-electron chi connectivity index (χ0n) is 50.4. The van der Waals surface area contributed by atoms with Crippen molar-refractivity contribution in [2.75, 3.05) is 62.5 Å². The van der Waals surface area contributed by atoms with Crippen LogP contribution >= 0.6 is 23.2 Å². The lowest BCUT2D eigenvalue weighted by molar-refractivity contribution is 0.287. The quantitative estimate of drug-likeness (QED) is 0.0596. The Labute approximate surface area is 521 Å². The van der Waals surface area contributed by atoms with Crippen LogP contribution in [0.2, 0.25) is 10.0 Å². The summed E-state index contributed by atoms with van der Waals surface area (Å²) in [5.74, 6) is 7.96. The van der Waals surface area contributed by atoms with Crippen LogP contribution in [0.3, 0.4) is 0 Å². The van der Waals surface area contributed by atoms with E-state index < -0.39 is 10.1 Å². The Bertz CT molecular complexity index is 3830. The number of halogens is 2. The van der Waals surface area contributed by atoms with Gasteiger partial charge in [-0.05, 0) is 204 Å². The Morgan fingerprint density at radius 3 is 1.49 bits per heavy atom. The van der Waals surface area contributed by atoms with Gasteiger partial charge in [0.15, 0.2) is 0 Å². The topological polar surface area (TPSA) is 182 Å². The molecule has 16 nitrogen and oxygen atoms in total. The van der Waals surface area contributed by atoms with Crippen LogP contribution in [0.5, 0.6) is 11.5 Å². The van der Waals surface area contributed by atoms with E-state index in [4.69, 9.17) is 47.7 Å². The van der Waals surface area contributed by atoms with Gasteiger partial charge in [-0.1, -0.05) is 71.2 Å². The molecule has 0 radical (unpaired) electrons. The van der Waals surface area contributed by atoms with Gasteiger partial charge in [-0.3, -0.25) is 13.5 Å². The molecule has 456 valence electrons. The predicted molar refractivity (Wildman–Crippen MR) is 347 cm³/mol. The fraction of sp³-hybridized carbons (Fsp3) is 0.412. The molecule has 2 saturated carbocycles. The number of rotatable bonds is 19. The first kappa shape index (κ1) is 61.3. The van der Waals surface area contributed by atoms with E-state index in [-0.39, 0.29) is 11.5 Å². The summed E-state index contributed by atoms with van der Waals surface area (Å²) >= 11 is 11.8. The average Bonchev–Trinajstić information content (AvgIpc) is 2.91. The molecule has 2 aliphatic carbocycles. The molecule has 6 heterocycles. The molecular formula is C68H79Cl2N11O5S. The van der Waals surface area contributed by atoms with E-state index in [1.165, 1.54) is 66.1 Å². The molecule has 0 bridgehead atoms. The van der Waals surface area contributed by atoms with Gasteiger partial charge in [0.25, 0.3) is 10.1 Å². The summed E-state index contributed by atoms with van der Waals surface area (Å²) in [7, 11) is -0.290. The number of nitrogen functional groups attached to an aromatic ring is 1. The molecule has 2 N–H and O–H groups in total. The van der Waals surface area contributed by atoms with E-state index in [0.717, 1.165) is 140 Å². The van der Waals surface area contributed by atoms with Gasteiger partial charge in [0.2, 0.25) is 11.9 Å². The smallest absolute Gasteiger partial charge is 0.296 e. The molecule has 13 rings (SSSR count). The van der Waals surface area contributed by atoms with E-state index in [1.54, 1.807) is 63.3 Å². The number of hydrogen-bond donors (Lipinski definition) is 1. The molecule has 4 aromatic heterocycles. The van der Waals surface area contributed by atoms with E-state index in [1.807, 2.05) is 61.0 Å². The minimum absolute atomic E-state index is 0.229. The SMILES string of the molecule is COc1ccc(Cn2nc(C)c3cc(CCCC4C[C@@H]4C4CCN(c5ncc(Cl)cn5)CC4)ccc32)cc1.COc1ccc(Cn2nc(C)c3cc(N)ccc32)cc1.Cc1ccc(S(=O)(=O)OCCC2C[C@@H]2C2CCN(c3ncc(Cl)cn3)CC2)cc1. The first-order valence-electron chi connectivity index (χ1n) is 30.5. The van der Waals surface area contributed by atoms with Crippen LogP contribution in [-0.2, 0) is 33.8 Å². The summed E-state index contributed by atoms with van der Waals surface area (Å²) in [6.45, 7) is 11.8. The number of piperidine rings is 2. The predicted octanol–water partition coefficient (Wildman–Crippen LogP) is 13.8. The number of fused-ring (bicyclic) bond motifs is 2. The molecule has 2 saturated heterocycles. The monoisotopic (exact) mass is 1230 g/mol. The molecule has 9 aromatic rings. The summed E-state index contributed by atoms with van der Waals surface area (Å²) in [5.41, 5.74) is 15.9. The third kappa shape index (κ3) is 15.7. The third-order valence-corrected chi connectivity index (χ3v) is 19.8. The lowest BCUT2D eigenvalue weighted by Crippen LogP contribution is -2.35. The summed E-state index contributed by atoms with van der Waals surface area (Å²) in [4.78, 5) is 22.1. The first-order valence-corrected chi connectivity index (χ1v) is 32.7. The summed E-state index contributed by atoms with van der Waals surface area (Å²) in [6, 6.07) is 35.9. The third-order valence-electron chi connectivity index (χ3n) is 18.0. The maximum Gasteiger partial charge on any atom is 0.296 e. The maximum absolute atomic E-state index is 12.3. The second kappa shape index (κ2) is 27.8. The number of methoxy groups -OCH3 is 2. The largest absolute Gasteiger partial charge is 0.497 e. The second-order valence-electron chi connectivity index (χ2n) is 24.0. The molecule has 4 atom stereocenters. The van der Waals surface area contributed by atoms with Crippen molar-refractivity contribution in [3.05, 3.63) is 178 Å². The van der Waals surface area contributed by atoms with Crippen LogP contribution < -0.4 is 25.0 Å². The number of ether oxygens (including phenoxy) is 2. The summed E-state index contributed by atoms with van der Waals surface area (Å²) in [5, 5.41) is 13.0. The molecule has 87 heavy (non-hydrogen) atoms. The average molecular weight is 1230 g/mol. The number of hydrogen-bond acceptors (Lipinski definition) is 14. The Morgan fingerprint density at radius 2 is 1.01 bits per heavy atom. The van der Waals surface area contributed by atoms with E-state index in [2.05, 4.69) is 88.9 Å². The van der Waals surface area contributed by atoms with Crippen LogP contribution in [0.15, 0.2) is 139 Å². The highest BCUT2D eigenvalue weighted by atomic mass is 35.5. The highest BCUT2D eigenvalue weighted by Gasteiger charge is 2.44. The Morgan fingerprint density at radius 1 is 0.563 bits per heavy atom. The van der Waals surface area contributed by atoms with Crippen molar-refractivity contribution in [2.24, 2.45) is 35.5 Å². The fourth-order valence-electron chi connectivity index (χ4n) is 13.0. The summed E-state index contributed by atoms with van der Waals surface area (Å²) < 4.78 is 44.4. The molecule has 0 spiro atoms. The zero-order chi connectivity index (χ0) is 60.6. The maximum atomic E-state index is 12.3. The van der Waals surface area contributed by atoms with E-state index >= 15 is 0 Å². The Kier molecular flexibility index (Phi) is 19.6. The normalized spacial score (nSPS) is 18.7. The second-order valence-corrected chi connectivity index (χ2v) is 26.4. The van der Waals surface area contributed by atoms with Crippen molar-refractivity contribution in [1.82, 2.24) is 39.5 Å². The molecule has 5 aromatic carbocycles. The molecule has 2 unspecified atom stereocenters. The highest BCUT2D eigenvalue weighted by Crippen LogP contribution is 2.51. The van der Waals surface area contributed by atoms with Gasteiger partial charge in [-0.15, -0.1) is 0 Å². The zero-order valence-corrected chi connectivity index (χ0v) is 52.8. The van der Waals surface area contributed by atoms with Crippen molar-refractivity contribution < 1.29 is 22.1 Å². The van der Waals surface area contributed by atoms with E-state index in [0.29, 0.717) is 27.8 Å². The summed E-state index contributed by atoms with van der Waals surface area (Å²) in [6.07, 6.45) is 18.6. The number of nitrogens with two attached hydrogens (primary N) is 1. The van der Waals surface area contributed by atoms with Gasteiger partial charge in [-0.25, -0.2) is 19.9 Å². The Hall–Kier alpha value is -7.31. The van der Waals surface area contributed by atoms with Crippen LogP contribution in [0, 0.1) is 56.3 Å². The molecule has 4 fully saturated rings. The molecule has 2 aliphatic heterocycles. The fourth-order valence-corrected chi connectivity index (χ4v) is 14.1. The molecular weight excluding hydrogens is 1150 g/mol. The highest BCUT2D eigenvalue weighted by molar-refractivity contribution is 7.86. The van der Waals surface area contributed by atoms with Gasteiger partial charge in [-0.2, -0.15) is 18.6 Å². The standard InChI is InChI=1S/C31H36ClN5O.C21H26ClN3O3S.C16H17N3O/c1-21-28-16-22(8-11-30(28)37(35-21)20-23-6-9-27(38-2)10-7-23)4-3-5-25-17-29(25)24-12-14-36(15-13-24)31-33-18-26(32)19-34-31;1-15-2-4-19(5-3-15)29(26,27)28-11-8-17-12-20(17)16-6-9-25(10-7-16)21-23-13-18(22)14-24-21;1-11-15-9-13(17)5-8-16(15)19(18-11)10-12-3-6-14(20-2)7-4-12/h6-11,16,18-19,24-25,29H,3-5,12-15,17,20H2,1-2H3;2-5,13-14,16-17,20H,6-12H2,1H3;3-9H,10,17H2,1-2H3/t25?,29-;17?,20-;/m11./s1. The van der Waals surface area contributed by atoms with Crippen LogP contribution in [0.1, 0.15) is 91.4 Å². The van der Waals surface area contributed by atoms with Crippen LogP contribution in [0.25, 0.3) is 21.8 Å². The minimum Gasteiger partial charge on any atom is -0.497 e. The lowest BCUT2D eigenvalue weighted by Gasteiger charge is -2.32. The number of anilines is 3. The van der Waals surface area contributed by atoms with Crippen LogP contribution in [0.4, 0.5) is 17.6 Å². The van der Waals surface area contributed by atoms with Crippen molar-refractivity contribution in [3.8, 4) is 11.5 Å². The van der Waals surface area contributed by atoms with Crippen LogP contribution in [-0.4, -0.2) is 94.9 Å². The first-order chi connectivity index (χ1) is 42.2. The molecule has 19 heteroatoms. The number of benzene rings is 5. The van der Waals surface area contributed by atoms with Crippen molar-refractivity contribution >= 4 is 72.7 Å². The molecule has 0 amide bonds. The number of nitrogens with zero attached hydrogens (tertiary/aromatic N) is 10. The number of aryl methyl sites for hydroxylation is 4. The van der Waals surface area contributed by atoms with Gasteiger partial charge in [0.05, 0.1) is 96.1 Å². The van der Waals surface area contributed by atoms with Gasteiger partial charge in [0.1, 0.15) is 11.5 Å². The lowest BCUT2D eigenvalue weighted by atomic mass is 9.90. The minimum atomic E-state index is -3.66. The van der Waals surface area contributed by atoms with Crippen molar-refractivity contribution in [3.63, 3.8) is 0 Å². The van der Waals surface area contributed by atoms with Gasteiger partial charge < -0.3 is 25.0 Å². The molecule has 4 aliphatic rings. The van der Waals surface area contributed by atoms with Crippen molar-refractivity contribution in [2.45, 2.75) is 103 Å².